The average Bonchev–Trinajstić information content (AvgIpc) is 3.13. The van der Waals surface area contributed by atoms with Gasteiger partial charge in [-0.05, 0) is 41.5 Å². The minimum atomic E-state index is -3.63. The lowest BCUT2D eigenvalue weighted by atomic mass is 10.1. The van der Waals surface area contributed by atoms with Crippen molar-refractivity contribution >= 4 is 39.1 Å². The predicted molar refractivity (Wildman–Crippen MR) is 120 cm³/mol. The fourth-order valence-corrected chi connectivity index (χ4v) is 5.44. The summed E-state index contributed by atoms with van der Waals surface area (Å²) in [6, 6.07) is 11.1. The molecule has 0 bridgehead atoms. The van der Waals surface area contributed by atoms with E-state index in [1.54, 1.807) is 38.1 Å². The molecule has 1 aliphatic heterocycles. The Balaban J connectivity index is 1.83. The minimum absolute atomic E-state index is 0.167. The van der Waals surface area contributed by atoms with E-state index in [1.807, 2.05) is 12.1 Å². The summed E-state index contributed by atoms with van der Waals surface area (Å²) in [6.45, 7) is 6.00. The number of carbonyl (C=O) groups is 2. The van der Waals surface area contributed by atoms with E-state index in [4.69, 9.17) is 11.6 Å². The number of carbonyl (C=O) groups excluding carboxylic acids is 2. The molecule has 0 spiro atoms. The van der Waals surface area contributed by atoms with Crippen LogP contribution in [0.25, 0.3) is 0 Å². The van der Waals surface area contributed by atoms with Crippen LogP contribution in [0, 0.1) is 0 Å². The Bertz CT molecular complexity index is 1080. The summed E-state index contributed by atoms with van der Waals surface area (Å²) in [6.07, 6.45) is 0.253. The molecule has 2 amide bonds. The lowest BCUT2D eigenvalue weighted by Gasteiger charge is -2.23. The zero-order valence-electron chi connectivity index (χ0n) is 17.8. The van der Waals surface area contributed by atoms with E-state index in [-0.39, 0.29) is 23.1 Å². The molecule has 1 N–H and O–H groups in total. The molecule has 1 unspecified atom stereocenters. The molecule has 0 fully saturated rings. The third-order valence-electron chi connectivity index (χ3n) is 5.40. The van der Waals surface area contributed by atoms with E-state index in [2.05, 4.69) is 5.32 Å². The van der Waals surface area contributed by atoms with Crippen LogP contribution in [0.3, 0.4) is 0 Å². The fourth-order valence-electron chi connectivity index (χ4n) is 3.81. The topological polar surface area (TPSA) is 86.8 Å². The molecule has 7 nitrogen and oxygen atoms in total. The summed E-state index contributed by atoms with van der Waals surface area (Å²) in [5.74, 6) is -0.570. The van der Waals surface area contributed by atoms with Crippen molar-refractivity contribution in [3.05, 3.63) is 58.6 Å². The highest BCUT2D eigenvalue weighted by molar-refractivity contribution is 7.89. The number of halogens is 1. The van der Waals surface area contributed by atoms with Crippen LogP contribution < -0.4 is 10.2 Å². The van der Waals surface area contributed by atoms with Gasteiger partial charge in [0.1, 0.15) is 6.04 Å². The number of anilines is 1. The second kappa shape index (κ2) is 9.38. The molecule has 0 radical (unpaired) electrons. The Morgan fingerprint density at radius 1 is 1.13 bits per heavy atom. The summed E-state index contributed by atoms with van der Waals surface area (Å²) in [4.78, 5) is 26.8. The smallest absolute Gasteiger partial charge is 0.243 e. The number of hydrogen-bond donors (Lipinski definition) is 1. The van der Waals surface area contributed by atoms with E-state index in [9.17, 15) is 18.0 Å². The maximum absolute atomic E-state index is 12.9. The monoisotopic (exact) mass is 463 g/mol. The van der Waals surface area contributed by atoms with Gasteiger partial charge in [-0.1, -0.05) is 37.6 Å². The maximum Gasteiger partial charge on any atom is 0.243 e. The van der Waals surface area contributed by atoms with Gasteiger partial charge in [0.05, 0.1) is 4.90 Å². The quantitative estimate of drug-likeness (QED) is 0.683. The summed E-state index contributed by atoms with van der Waals surface area (Å²) in [5, 5.41) is 3.47. The van der Waals surface area contributed by atoms with E-state index in [0.29, 0.717) is 35.9 Å². The van der Waals surface area contributed by atoms with Gasteiger partial charge in [-0.3, -0.25) is 14.5 Å². The number of hydrogen-bond acceptors (Lipinski definition) is 4. The largest absolute Gasteiger partial charge is 0.350 e. The number of benzene rings is 2. The number of rotatable bonds is 7. The lowest BCUT2D eigenvalue weighted by molar-refractivity contribution is -0.125. The molecule has 0 saturated carbocycles. The molecule has 9 heteroatoms. The van der Waals surface area contributed by atoms with Crippen molar-refractivity contribution in [2.75, 3.05) is 18.0 Å². The van der Waals surface area contributed by atoms with Gasteiger partial charge in [0, 0.05) is 43.7 Å². The highest BCUT2D eigenvalue weighted by atomic mass is 35.5. The van der Waals surface area contributed by atoms with Crippen molar-refractivity contribution in [2.45, 2.75) is 44.7 Å². The Morgan fingerprint density at radius 3 is 2.35 bits per heavy atom. The van der Waals surface area contributed by atoms with Gasteiger partial charge in [0.2, 0.25) is 21.8 Å². The molecular formula is C22H26ClN3O4S. The molecule has 3 rings (SSSR count). The van der Waals surface area contributed by atoms with Gasteiger partial charge in [-0.15, -0.1) is 0 Å². The van der Waals surface area contributed by atoms with Crippen LogP contribution in [0.4, 0.5) is 5.69 Å². The van der Waals surface area contributed by atoms with E-state index in [0.717, 1.165) is 5.56 Å². The van der Waals surface area contributed by atoms with Crippen molar-refractivity contribution in [1.29, 1.82) is 0 Å². The van der Waals surface area contributed by atoms with Crippen LogP contribution in [0.1, 0.15) is 31.9 Å². The first kappa shape index (κ1) is 23.2. The van der Waals surface area contributed by atoms with Gasteiger partial charge in [-0.2, -0.15) is 4.31 Å². The first-order valence-electron chi connectivity index (χ1n) is 10.1. The summed E-state index contributed by atoms with van der Waals surface area (Å²) in [7, 11) is -3.63. The first-order valence-corrected chi connectivity index (χ1v) is 12.0. The van der Waals surface area contributed by atoms with Crippen LogP contribution in [-0.4, -0.2) is 43.7 Å². The van der Waals surface area contributed by atoms with Gasteiger partial charge >= 0.3 is 0 Å². The lowest BCUT2D eigenvalue weighted by Crippen LogP contribution is -2.47. The Labute approximate surface area is 188 Å². The predicted octanol–water partition coefficient (Wildman–Crippen LogP) is 2.96. The van der Waals surface area contributed by atoms with Crippen LogP contribution >= 0.6 is 11.6 Å². The van der Waals surface area contributed by atoms with Crippen molar-refractivity contribution in [1.82, 2.24) is 9.62 Å². The van der Waals surface area contributed by atoms with E-state index in [1.165, 1.54) is 22.2 Å². The molecule has 2 aromatic rings. The van der Waals surface area contributed by atoms with Gasteiger partial charge < -0.3 is 5.32 Å². The van der Waals surface area contributed by atoms with Crippen LogP contribution in [-0.2, 0) is 32.6 Å². The number of sulfonamides is 1. The standard InChI is InChI=1S/C22H26ClN3O4S/c1-4-25(5-2)31(29,30)19-10-11-20-17(12-19)13-21(26(20)15(3)27)22(28)24-14-16-6-8-18(23)9-7-16/h6-12,21H,4-5,13-14H2,1-3H3,(H,24,28). The third kappa shape index (κ3) is 4.76. The number of amides is 2. The minimum Gasteiger partial charge on any atom is -0.350 e. The Kier molecular flexibility index (Phi) is 7.03. The molecule has 0 saturated heterocycles. The summed E-state index contributed by atoms with van der Waals surface area (Å²) < 4.78 is 27.1. The molecule has 0 aliphatic carbocycles. The molecule has 1 aliphatic rings. The van der Waals surface area contributed by atoms with Crippen LogP contribution in [0.5, 0.6) is 0 Å². The van der Waals surface area contributed by atoms with Crippen molar-refractivity contribution in [3.8, 4) is 0 Å². The highest BCUT2D eigenvalue weighted by Crippen LogP contribution is 2.35. The van der Waals surface area contributed by atoms with Crippen LogP contribution in [0.15, 0.2) is 47.4 Å². The third-order valence-corrected chi connectivity index (χ3v) is 7.70. The number of fused-ring (bicyclic) bond motifs is 1. The summed E-state index contributed by atoms with van der Waals surface area (Å²) >= 11 is 5.89. The molecule has 0 aromatic heterocycles. The van der Waals surface area contributed by atoms with Gasteiger partial charge in [0.15, 0.2) is 0 Å². The van der Waals surface area contributed by atoms with E-state index >= 15 is 0 Å². The maximum atomic E-state index is 12.9. The molecular weight excluding hydrogens is 438 g/mol. The Hall–Kier alpha value is -2.42. The second-order valence-corrected chi connectivity index (χ2v) is 9.71. The molecule has 1 heterocycles. The number of nitrogens with zero attached hydrogens (tertiary/aromatic N) is 2. The molecule has 1 atom stereocenters. The first-order chi connectivity index (χ1) is 14.7. The molecule has 2 aromatic carbocycles. The normalized spacial score (nSPS) is 15.8. The van der Waals surface area contributed by atoms with Crippen molar-refractivity contribution in [3.63, 3.8) is 0 Å². The zero-order chi connectivity index (χ0) is 22.8. The zero-order valence-corrected chi connectivity index (χ0v) is 19.3. The molecule has 166 valence electrons. The van der Waals surface area contributed by atoms with Crippen LogP contribution in [0.2, 0.25) is 5.02 Å². The highest BCUT2D eigenvalue weighted by Gasteiger charge is 2.37. The van der Waals surface area contributed by atoms with Gasteiger partial charge in [0.25, 0.3) is 0 Å². The summed E-state index contributed by atoms with van der Waals surface area (Å²) in [5.41, 5.74) is 2.11. The molecule has 31 heavy (non-hydrogen) atoms. The van der Waals surface area contributed by atoms with E-state index < -0.39 is 16.1 Å². The fraction of sp³-hybridized carbons (Fsp3) is 0.364. The van der Waals surface area contributed by atoms with Crippen molar-refractivity contribution < 1.29 is 18.0 Å². The average molecular weight is 464 g/mol. The van der Waals surface area contributed by atoms with Gasteiger partial charge in [-0.25, -0.2) is 8.42 Å². The second-order valence-electron chi connectivity index (χ2n) is 7.33. The van der Waals surface area contributed by atoms with Crippen molar-refractivity contribution in [2.24, 2.45) is 0 Å². The SMILES string of the molecule is CCN(CC)S(=O)(=O)c1ccc2c(c1)CC(C(=O)NCc1ccc(Cl)cc1)N2C(C)=O. The Morgan fingerprint density at radius 2 is 1.77 bits per heavy atom. The number of nitrogens with one attached hydrogen (secondary N) is 1.